The Morgan fingerprint density at radius 3 is 2.57 bits per heavy atom. The first-order valence-corrected chi connectivity index (χ1v) is 9.96. The Morgan fingerprint density at radius 2 is 1.83 bits per heavy atom. The number of para-hydroxylation sites is 1. The highest BCUT2D eigenvalue weighted by Gasteiger charge is 2.10. The van der Waals surface area contributed by atoms with Crippen molar-refractivity contribution in [3.05, 3.63) is 70.3 Å². The van der Waals surface area contributed by atoms with E-state index in [1.54, 1.807) is 18.2 Å². The maximum atomic E-state index is 12.0. The number of esters is 1. The molecule has 2 aromatic carbocycles. The third kappa shape index (κ3) is 5.76. The summed E-state index contributed by atoms with van der Waals surface area (Å²) >= 11 is 0. The number of hydrogen-bond donors (Lipinski definition) is 2. The van der Waals surface area contributed by atoms with Gasteiger partial charge in [0.15, 0.2) is 6.61 Å². The molecule has 0 fully saturated rings. The van der Waals surface area contributed by atoms with Crippen molar-refractivity contribution in [1.82, 2.24) is 9.97 Å². The van der Waals surface area contributed by atoms with E-state index in [-0.39, 0.29) is 24.5 Å². The second kappa shape index (κ2) is 9.82. The maximum absolute atomic E-state index is 12.0. The van der Waals surface area contributed by atoms with Crippen LogP contribution >= 0.6 is 0 Å². The number of amides is 1. The molecule has 0 radical (unpaired) electrons. The summed E-state index contributed by atoms with van der Waals surface area (Å²) in [4.78, 5) is 43.0. The Morgan fingerprint density at radius 1 is 1.10 bits per heavy atom. The molecule has 1 aromatic heterocycles. The number of carbonyl (C=O) groups is 2. The number of H-pyrrole nitrogens is 1. The number of anilines is 1. The van der Waals surface area contributed by atoms with E-state index in [2.05, 4.69) is 29.1 Å². The summed E-state index contributed by atoms with van der Waals surface area (Å²) in [5.74, 6) is 0.0806. The van der Waals surface area contributed by atoms with E-state index in [4.69, 9.17) is 4.74 Å². The van der Waals surface area contributed by atoms with Crippen LogP contribution < -0.4 is 10.9 Å². The standard InChI is InChI=1S/C23H25N3O4/c1-15(2)16-10-12-17(13-11-16)24-21(27)14-30-22(28)9-5-8-20-25-19-7-4-3-6-18(19)23(29)26-20/h3-4,6-7,10-13,15H,5,8-9,14H2,1-2H3,(H,24,27)(H,25,26,29). The van der Waals surface area contributed by atoms with Gasteiger partial charge in [-0.1, -0.05) is 38.1 Å². The molecule has 0 aliphatic carbocycles. The second-order valence-corrected chi connectivity index (χ2v) is 7.37. The fraction of sp³-hybridized carbons (Fsp3) is 0.304. The van der Waals surface area contributed by atoms with Crippen molar-refractivity contribution in [1.29, 1.82) is 0 Å². The molecule has 0 saturated carbocycles. The van der Waals surface area contributed by atoms with E-state index in [9.17, 15) is 14.4 Å². The molecule has 0 saturated heterocycles. The number of carbonyl (C=O) groups excluding carboxylic acids is 2. The first-order valence-electron chi connectivity index (χ1n) is 9.96. The van der Waals surface area contributed by atoms with Gasteiger partial charge in [0.25, 0.3) is 11.5 Å². The number of nitrogens with zero attached hydrogens (tertiary/aromatic N) is 1. The van der Waals surface area contributed by atoms with E-state index in [1.165, 1.54) is 5.56 Å². The lowest BCUT2D eigenvalue weighted by Crippen LogP contribution is -2.21. The Hall–Kier alpha value is -3.48. The number of aromatic nitrogens is 2. The van der Waals surface area contributed by atoms with Crippen molar-refractivity contribution >= 4 is 28.5 Å². The van der Waals surface area contributed by atoms with E-state index >= 15 is 0 Å². The molecule has 0 aliphatic heterocycles. The summed E-state index contributed by atoms with van der Waals surface area (Å²) in [5, 5.41) is 3.24. The average Bonchev–Trinajstić information content (AvgIpc) is 2.73. The SMILES string of the molecule is CC(C)c1ccc(NC(=O)COC(=O)CCCc2nc3ccccc3c(=O)[nH]2)cc1. The molecule has 3 aromatic rings. The van der Waals surface area contributed by atoms with Gasteiger partial charge in [0, 0.05) is 18.5 Å². The smallest absolute Gasteiger partial charge is 0.306 e. The van der Waals surface area contributed by atoms with Gasteiger partial charge in [-0.05, 0) is 42.2 Å². The molecule has 1 amide bonds. The van der Waals surface area contributed by atoms with Gasteiger partial charge < -0.3 is 15.0 Å². The van der Waals surface area contributed by atoms with Crippen molar-refractivity contribution < 1.29 is 14.3 Å². The highest BCUT2D eigenvalue weighted by atomic mass is 16.5. The maximum Gasteiger partial charge on any atom is 0.306 e. The molecule has 7 nitrogen and oxygen atoms in total. The molecule has 0 atom stereocenters. The zero-order chi connectivity index (χ0) is 21.5. The zero-order valence-corrected chi connectivity index (χ0v) is 17.1. The van der Waals surface area contributed by atoms with Crippen molar-refractivity contribution in [2.24, 2.45) is 0 Å². The summed E-state index contributed by atoms with van der Waals surface area (Å²) in [6, 6.07) is 14.7. The monoisotopic (exact) mass is 407 g/mol. The quantitative estimate of drug-likeness (QED) is 0.556. The van der Waals surface area contributed by atoms with E-state index in [0.717, 1.165) is 0 Å². The number of nitrogens with one attached hydrogen (secondary N) is 2. The zero-order valence-electron chi connectivity index (χ0n) is 17.1. The topological polar surface area (TPSA) is 101 Å². The van der Waals surface area contributed by atoms with Gasteiger partial charge in [-0.15, -0.1) is 0 Å². The van der Waals surface area contributed by atoms with Crippen LogP contribution in [0.4, 0.5) is 5.69 Å². The normalized spacial score (nSPS) is 10.9. The Labute approximate surface area is 174 Å². The Kier molecular flexibility index (Phi) is 6.95. The summed E-state index contributed by atoms with van der Waals surface area (Å²) in [7, 11) is 0. The molecule has 0 spiro atoms. The number of fused-ring (bicyclic) bond motifs is 1. The minimum absolute atomic E-state index is 0.132. The minimum Gasteiger partial charge on any atom is -0.456 e. The Bertz CT molecular complexity index is 1090. The molecule has 0 aliphatic rings. The van der Waals surface area contributed by atoms with Crippen LogP contribution in [-0.2, 0) is 20.7 Å². The van der Waals surface area contributed by atoms with E-state index < -0.39 is 5.97 Å². The molecule has 1 heterocycles. The lowest BCUT2D eigenvalue weighted by molar-refractivity contribution is -0.147. The predicted molar refractivity (Wildman–Crippen MR) is 115 cm³/mol. The van der Waals surface area contributed by atoms with Crippen LogP contribution in [0.15, 0.2) is 53.3 Å². The van der Waals surface area contributed by atoms with Crippen LogP contribution in [-0.4, -0.2) is 28.5 Å². The third-order valence-corrected chi connectivity index (χ3v) is 4.68. The Balaban J connectivity index is 1.41. The fourth-order valence-corrected chi connectivity index (χ4v) is 3.02. The van der Waals surface area contributed by atoms with Gasteiger partial charge in [0.1, 0.15) is 5.82 Å². The molecule has 30 heavy (non-hydrogen) atoms. The number of aromatic amines is 1. The molecule has 0 bridgehead atoms. The molecule has 3 rings (SSSR count). The number of aryl methyl sites for hydroxylation is 1. The summed E-state index contributed by atoms with van der Waals surface area (Å²) in [6.07, 6.45) is 1.02. The van der Waals surface area contributed by atoms with Crippen molar-refractivity contribution in [3.8, 4) is 0 Å². The molecular formula is C23H25N3O4. The van der Waals surface area contributed by atoms with Crippen LogP contribution in [0.25, 0.3) is 10.9 Å². The van der Waals surface area contributed by atoms with Crippen LogP contribution in [0, 0.1) is 0 Å². The highest BCUT2D eigenvalue weighted by Crippen LogP contribution is 2.17. The number of rotatable bonds is 8. The number of benzene rings is 2. The summed E-state index contributed by atoms with van der Waals surface area (Å²) in [5.41, 5.74) is 2.27. The summed E-state index contributed by atoms with van der Waals surface area (Å²) < 4.78 is 5.03. The predicted octanol–water partition coefficient (Wildman–Crippen LogP) is 3.55. The molecule has 7 heteroatoms. The van der Waals surface area contributed by atoms with Crippen molar-refractivity contribution in [3.63, 3.8) is 0 Å². The lowest BCUT2D eigenvalue weighted by Gasteiger charge is -2.09. The third-order valence-electron chi connectivity index (χ3n) is 4.68. The molecular weight excluding hydrogens is 382 g/mol. The van der Waals surface area contributed by atoms with Gasteiger partial charge in [-0.2, -0.15) is 0 Å². The fourth-order valence-electron chi connectivity index (χ4n) is 3.02. The lowest BCUT2D eigenvalue weighted by atomic mass is 10.0. The second-order valence-electron chi connectivity index (χ2n) is 7.37. The van der Waals surface area contributed by atoms with Crippen molar-refractivity contribution in [2.45, 2.75) is 39.0 Å². The van der Waals surface area contributed by atoms with E-state index in [0.29, 0.717) is 41.2 Å². The van der Waals surface area contributed by atoms with Crippen molar-refractivity contribution in [2.75, 3.05) is 11.9 Å². The first kappa shape index (κ1) is 21.2. The van der Waals surface area contributed by atoms with Gasteiger partial charge in [-0.25, -0.2) is 4.98 Å². The molecule has 0 unspecified atom stereocenters. The van der Waals surface area contributed by atoms with Gasteiger partial charge >= 0.3 is 5.97 Å². The van der Waals surface area contributed by atoms with Crippen LogP contribution in [0.2, 0.25) is 0 Å². The van der Waals surface area contributed by atoms with Gasteiger partial charge in [0.2, 0.25) is 0 Å². The van der Waals surface area contributed by atoms with Gasteiger partial charge in [0.05, 0.1) is 10.9 Å². The van der Waals surface area contributed by atoms with Crippen LogP contribution in [0.1, 0.15) is 44.0 Å². The van der Waals surface area contributed by atoms with Crippen LogP contribution in [0.5, 0.6) is 0 Å². The average molecular weight is 407 g/mol. The highest BCUT2D eigenvalue weighted by molar-refractivity contribution is 5.92. The molecule has 156 valence electrons. The van der Waals surface area contributed by atoms with E-state index in [1.807, 2.05) is 30.3 Å². The number of hydrogen-bond acceptors (Lipinski definition) is 5. The van der Waals surface area contributed by atoms with Gasteiger partial charge in [-0.3, -0.25) is 14.4 Å². The minimum atomic E-state index is -0.469. The van der Waals surface area contributed by atoms with Crippen LogP contribution in [0.3, 0.4) is 0 Å². The summed E-state index contributed by atoms with van der Waals surface area (Å²) in [6.45, 7) is 3.86. The largest absolute Gasteiger partial charge is 0.456 e. The first-order chi connectivity index (χ1) is 14.4. The number of ether oxygens (including phenoxy) is 1. The molecule has 2 N–H and O–H groups in total.